The first-order valence-corrected chi connectivity index (χ1v) is 9.39. The van der Waals surface area contributed by atoms with Crippen LogP contribution in [0.5, 0.6) is 0 Å². The summed E-state index contributed by atoms with van der Waals surface area (Å²) in [4.78, 5) is 36.1. The van der Waals surface area contributed by atoms with Crippen molar-refractivity contribution in [2.24, 2.45) is 5.92 Å². The molecule has 0 saturated heterocycles. The van der Waals surface area contributed by atoms with Crippen LogP contribution in [0, 0.1) is 5.92 Å². The van der Waals surface area contributed by atoms with E-state index in [0.717, 1.165) is 0 Å². The van der Waals surface area contributed by atoms with Gasteiger partial charge in [-0.05, 0) is 49.2 Å². The molecular weight excluding hydrogens is 354 g/mol. The fourth-order valence-corrected chi connectivity index (χ4v) is 2.66. The summed E-state index contributed by atoms with van der Waals surface area (Å²) in [5.74, 6) is -0.141. The Kier molecular flexibility index (Phi) is 7.75. The van der Waals surface area contributed by atoms with Crippen LogP contribution < -0.4 is 16.0 Å². The van der Waals surface area contributed by atoms with Crippen molar-refractivity contribution >= 4 is 29.1 Å². The molecule has 28 heavy (non-hydrogen) atoms. The van der Waals surface area contributed by atoms with Gasteiger partial charge in [0.25, 0.3) is 5.91 Å². The zero-order valence-electron chi connectivity index (χ0n) is 16.5. The lowest BCUT2D eigenvalue weighted by molar-refractivity contribution is -0.117. The maximum atomic E-state index is 12.2. The number of nitrogens with one attached hydrogen (secondary N) is 3. The Morgan fingerprint density at radius 2 is 1.25 bits per heavy atom. The lowest BCUT2D eigenvalue weighted by Gasteiger charge is -2.14. The summed E-state index contributed by atoms with van der Waals surface area (Å²) in [7, 11) is 0. The van der Waals surface area contributed by atoms with Crippen LogP contribution in [0.25, 0.3) is 0 Å². The summed E-state index contributed by atoms with van der Waals surface area (Å²) in [6.07, 6.45) is 0.622. The zero-order chi connectivity index (χ0) is 20.5. The molecule has 148 valence electrons. The van der Waals surface area contributed by atoms with E-state index in [-0.39, 0.29) is 30.2 Å². The second-order valence-electron chi connectivity index (χ2n) is 7.22. The maximum absolute atomic E-state index is 12.2. The predicted octanol–water partition coefficient (Wildman–Crippen LogP) is 3.82. The first-order valence-electron chi connectivity index (χ1n) is 9.39. The molecule has 3 N–H and O–H groups in total. The van der Waals surface area contributed by atoms with Gasteiger partial charge >= 0.3 is 0 Å². The van der Waals surface area contributed by atoms with Gasteiger partial charge in [-0.1, -0.05) is 32.0 Å². The van der Waals surface area contributed by atoms with Crippen molar-refractivity contribution in [1.82, 2.24) is 5.32 Å². The Labute approximate surface area is 165 Å². The Bertz CT molecular complexity index is 802. The van der Waals surface area contributed by atoms with Crippen LogP contribution in [0.2, 0.25) is 0 Å². The van der Waals surface area contributed by atoms with Gasteiger partial charge in [0.05, 0.1) is 0 Å². The van der Waals surface area contributed by atoms with Crippen molar-refractivity contribution in [3.05, 3.63) is 60.2 Å². The number of carbonyl (C=O) groups is 3. The van der Waals surface area contributed by atoms with Gasteiger partial charge in [-0.15, -0.1) is 0 Å². The minimum Gasteiger partial charge on any atom is -0.349 e. The number of anilines is 2. The molecule has 0 spiro atoms. The Morgan fingerprint density at radius 1 is 0.750 bits per heavy atom. The highest BCUT2D eigenvalue weighted by molar-refractivity contribution is 5.96. The minimum absolute atomic E-state index is 0.0326. The average molecular weight is 381 g/mol. The second-order valence-corrected chi connectivity index (χ2v) is 7.22. The van der Waals surface area contributed by atoms with Crippen LogP contribution in [0.3, 0.4) is 0 Å². The van der Waals surface area contributed by atoms with Gasteiger partial charge in [-0.25, -0.2) is 0 Å². The van der Waals surface area contributed by atoms with Gasteiger partial charge in [0.15, 0.2) is 0 Å². The molecule has 0 heterocycles. The normalized spacial score (nSPS) is 11.6. The summed E-state index contributed by atoms with van der Waals surface area (Å²) in [6, 6.07) is 15.5. The molecule has 0 aliphatic heterocycles. The summed E-state index contributed by atoms with van der Waals surface area (Å²) in [6.45, 7) is 5.76. The standard InChI is InChI=1S/C22H27N3O3/c1-15(2)13-20(26)24-18-9-11-19(12-10-18)25-21(27)14-16(3)23-22(28)17-7-5-4-6-8-17/h4-12,15-16H,13-14H2,1-3H3,(H,23,28)(H,24,26)(H,25,27). The number of hydrogen-bond acceptors (Lipinski definition) is 3. The molecule has 0 bridgehead atoms. The highest BCUT2D eigenvalue weighted by Crippen LogP contribution is 2.15. The van der Waals surface area contributed by atoms with Crippen LogP contribution >= 0.6 is 0 Å². The third kappa shape index (κ3) is 7.23. The lowest BCUT2D eigenvalue weighted by atomic mass is 10.1. The first kappa shape index (κ1) is 21.2. The van der Waals surface area contributed by atoms with E-state index in [0.29, 0.717) is 29.3 Å². The molecule has 1 unspecified atom stereocenters. The second kappa shape index (κ2) is 10.3. The van der Waals surface area contributed by atoms with E-state index >= 15 is 0 Å². The molecule has 6 nitrogen and oxygen atoms in total. The van der Waals surface area contributed by atoms with Gasteiger partial charge in [-0.2, -0.15) is 0 Å². The van der Waals surface area contributed by atoms with Gasteiger partial charge in [0.1, 0.15) is 0 Å². The monoisotopic (exact) mass is 381 g/mol. The van der Waals surface area contributed by atoms with Crippen LogP contribution in [-0.2, 0) is 9.59 Å². The summed E-state index contributed by atoms with van der Waals surface area (Å²) >= 11 is 0. The Morgan fingerprint density at radius 3 is 1.75 bits per heavy atom. The van der Waals surface area contributed by atoms with Crippen molar-refractivity contribution in [2.45, 2.75) is 39.7 Å². The third-order valence-corrected chi connectivity index (χ3v) is 3.95. The van der Waals surface area contributed by atoms with E-state index in [1.165, 1.54) is 0 Å². The fraction of sp³-hybridized carbons (Fsp3) is 0.318. The lowest BCUT2D eigenvalue weighted by Crippen LogP contribution is -2.35. The maximum Gasteiger partial charge on any atom is 0.251 e. The molecule has 0 saturated carbocycles. The highest BCUT2D eigenvalue weighted by Gasteiger charge is 2.13. The van der Waals surface area contributed by atoms with E-state index in [2.05, 4.69) is 16.0 Å². The number of amides is 3. The number of benzene rings is 2. The van der Waals surface area contributed by atoms with Crippen LogP contribution in [-0.4, -0.2) is 23.8 Å². The number of carbonyl (C=O) groups excluding carboxylic acids is 3. The van der Waals surface area contributed by atoms with Gasteiger partial charge in [0, 0.05) is 35.8 Å². The van der Waals surface area contributed by atoms with E-state index in [1.807, 2.05) is 19.9 Å². The fourth-order valence-electron chi connectivity index (χ4n) is 2.66. The summed E-state index contributed by atoms with van der Waals surface area (Å²) < 4.78 is 0. The van der Waals surface area contributed by atoms with E-state index < -0.39 is 0 Å². The summed E-state index contributed by atoms with van der Waals surface area (Å²) in [5, 5.41) is 8.43. The molecule has 2 aromatic rings. The number of rotatable bonds is 8. The molecule has 6 heteroatoms. The number of hydrogen-bond donors (Lipinski definition) is 3. The molecule has 1 atom stereocenters. The third-order valence-electron chi connectivity index (χ3n) is 3.95. The van der Waals surface area contributed by atoms with E-state index in [1.54, 1.807) is 55.5 Å². The first-order chi connectivity index (χ1) is 13.3. The van der Waals surface area contributed by atoms with Gasteiger partial charge in [-0.3, -0.25) is 14.4 Å². The van der Waals surface area contributed by atoms with Crippen molar-refractivity contribution in [2.75, 3.05) is 10.6 Å². The molecule has 0 radical (unpaired) electrons. The van der Waals surface area contributed by atoms with Gasteiger partial charge in [0.2, 0.25) is 11.8 Å². The molecule has 3 amide bonds. The van der Waals surface area contributed by atoms with Crippen LogP contribution in [0.15, 0.2) is 54.6 Å². The van der Waals surface area contributed by atoms with Crippen molar-refractivity contribution in [1.29, 1.82) is 0 Å². The SMILES string of the molecule is CC(C)CC(=O)Nc1ccc(NC(=O)CC(C)NC(=O)c2ccccc2)cc1. The summed E-state index contributed by atoms with van der Waals surface area (Å²) in [5.41, 5.74) is 1.88. The topological polar surface area (TPSA) is 87.3 Å². The van der Waals surface area contributed by atoms with Crippen molar-refractivity contribution in [3.8, 4) is 0 Å². The quantitative estimate of drug-likeness (QED) is 0.650. The molecule has 2 rings (SSSR count). The van der Waals surface area contributed by atoms with Crippen LogP contribution in [0.4, 0.5) is 11.4 Å². The molecule has 0 aromatic heterocycles. The van der Waals surface area contributed by atoms with E-state index in [9.17, 15) is 14.4 Å². The Hall–Kier alpha value is -3.15. The Balaban J connectivity index is 1.80. The highest BCUT2D eigenvalue weighted by atomic mass is 16.2. The molecule has 2 aromatic carbocycles. The predicted molar refractivity (Wildman–Crippen MR) is 111 cm³/mol. The molecular formula is C22H27N3O3. The van der Waals surface area contributed by atoms with Crippen molar-refractivity contribution < 1.29 is 14.4 Å². The average Bonchev–Trinajstić information content (AvgIpc) is 2.63. The van der Waals surface area contributed by atoms with Gasteiger partial charge < -0.3 is 16.0 Å². The minimum atomic E-state index is -0.303. The van der Waals surface area contributed by atoms with Crippen LogP contribution in [0.1, 0.15) is 44.0 Å². The molecule has 0 aliphatic rings. The smallest absolute Gasteiger partial charge is 0.251 e. The molecule has 0 fully saturated rings. The molecule has 0 aliphatic carbocycles. The zero-order valence-corrected chi connectivity index (χ0v) is 16.5. The van der Waals surface area contributed by atoms with Crippen molar-refractivity contribution in [3.63, 3.8) is 0 Å². The van der Waals surface area contributed by atoms with E-state index in [4.69, 9.17) is 0 Å². The largest absolute Gasteiger partial charge is 0.349 e.